The van der Waals surface area contributed by atoms with Crippen molar-refractivity contribution in [1.29, 1.82) is 0 Å². The molecule has 134 valence electrons. The van der Waals surface area contributed by atoms with E-state index in [-0.39, 0.29) is 11.2 Å². The maximum absolute atomic E-state index is 12.3. The van der Waals surface area contributed by atoms with Gasteiger partial charge >= 0.3 is 0 Å². The number of benzene rings is 2. The normalized spacial score (nSPS) is 12.4. The Kier molecular flexibility index (Phi) is 6.50. The van der Waals surface area contributed by atoms with Gasteiger partial charge in [0.2, 0.25) is 15.9 Å². The van der Waals surface area contributed by atoms with Gasteiger partial charge in [-0.05, 0) is 30.7 Å². The Bertz CT molecular complexity index is 823. The summed E-state index contributed by atoms with van der Waals surface area (Å²) < 4.78 is 24.4. The lowest BCUT2D eigenvalue weighted by atomic mass is 10.2. The zero-order chi connectivity index (χ0) is 18.4. The molecule has 0 aromatic heterocycles. The maximum Gasteiger partial charge on any atom is 0.237 e. The van der Waals surface area contributed by atoms with Gasteiger partial charge in [0.15, 0.2) is 0 Å². The molecular formula is C18H22N2O3S2. The molecular weight excluding hydrogens is 356 g/mol. The SMILES string of the molecule is C[C@@H](SCc1ccccc1)C(=O)Nc1cccc(N(C)S(C)(=O)=O)c1. The van der Waals surface area contributed by atoms with Crippen LogP contribution in [-0.4, -0.2) is 32.9 Å². The first kappa shape index (κ1) is 19.3. The number of nitrogens with zero attached hydrogens (tertiary/aromatic N) is 1. The third kappa shape index (κ3) is 5.79. The molecule has 0 unspecified atom stereocenters. The van der Waals surface area contributed by atoms with Crippen molar-refractivity contribution in [3.8, 4) is 0 Å². The molecule has 2 aromatic carbocycles. The van der Waals surface area contributed by atoms with Crippen molar-refractivity contribution in [2.75, 3.05) is 22.9 Å². The maximum atomic E-state index is 12.3. The highest BCUT2D eigenvalue weighted by atomic mass is 32.2. The average molecular weight is 379 g/mol. The molecule has 0 bridgehead atoms. The molecule has 5 nitrogen and oxygen atoms in total. The average Bonchev–Trinajstić information content (AvgIpc) is 2.59. The van der Waals surface area contributed by atoms with Crippen molar-refractivity contribution in [2.24, 2.45) is 0 Å². The van der Waals surface area contributed by atoms with Crippen molar-refractivity contribution in [1.82, 2.24) is 0 Å². The second-order valence-electron chi connectivity index (χ2n) is 5.71. The van der Waals surface area contributed by atoms with E-state index < -0.39 is 10.0 Å². The Labute approximate surface area is 153 Å². The molecule has 0 radical (unpaired) electrons. The topological polar surface area (TPSA) is 66.5 Å². The van der Waals surface area contributed by atoms with Crippen LogP contribution in [0.25, 0.3) is 0 Å². The van der Waals surface area contributed by atoms with Crippen LogP contribution in [-0.2, 0) is 20.6 Å². The molecule has 0 spiro atoms. The molecule has 0 aliphatic rings. The van der Waals surface area contributed by atoms with Crippen LogP contribution in [0.3, 0.4) is 0 Å². The van der Waals surface area contributed by atoms with Crippen LogP contribution in [0.5, 0.6) is 0 Å². The summed E-state index contributed by atoms with van der Waals surface area (Å²) >= 11 is 1.55. The molecule has 0 fully saturated rings. The van der Waals surface area contributed by atoms with Crippen molar-refractivity contribution in [3.05, 3.63) is 60.2 Å². The molecule has 7 heteroatoms. The van der Waals surface area contributed by atoms with Crippen LogP contribution in [0.1, 0.15) is 12.5 Å². The lowest BCUT2D eigenvalue weighted by molar-refractivity contribution is -0.115. The van der Waals surface area contributed by atoms with Gasteiger partial charge in [-0.2, -0.15) is 0 Å². The standard InChI is InChI=1S/C18H22N2O3S2/c1-14(24-13-15-8-5-4-6-9-15)18(21)19-16-10-7-11-17(12-16)20(2)25(3,22)23/h4-12,14H,13H2,1-3H3,(H,19,21)/t14-/m1/s1. The van der Waals surface area contributed by atoms with E-state index in [0.29, 0.717) is 11.4 Å². The van der Waals surface area contributed by atoms with Gasteiger partial charge in [0, 0.05) is 18.5 Å². The molecule has 25 heavy (non-hydrogen) atoms. The number of carbonyl (C=O) groups is 1. The number of carbonyl (C=O) groups excluding carboxylic acids is 1. The predicted molar refractivity (Wildman–Crippen MR) is 106 cm³/mol. The predicted octanol–water partition coefficient (Wildman–Crippen LogP) is 3.34. The fourth-order valence-corrected chi connectivity index (χ4v) is 3.43. The van der Waals surface area contributed by atoms with Crippen LogP contribution in [0.2, 0.25) is 0 Å². The van der Waals surface area contributed by atoms with Crippen LogP contribution < -0.4 is 9.62 Å². The second kappa shape index (κ2) is 8.40. The van der Waals surface area contributed by atoms with Gasteiger partial charge in [-0.3, -0.25) is 9.10 Å². The lowest BCUT2D eigenvalue weighted by Crippen LogP contribution is -2.25. The summed E-state index contributed by atoms with van der Waals surface area (Å²) in [6, 6.07) is 16.8. The van der Waals surface area contributed by atoms with E-state index in [0.717, 1.165) is 12.0 Å². The highest BCUT2D eigenvalue weighted by Crippen LogP contribution is 2.22. The van der Waals surface area contributed by atoms with Crippen molar-refractivity contribution >= 4 is 39.1 Å². The van der Waals surface area contributed by atoms with Gasteiger partial charge in [0.1, 0.15) is 0 Å². The summed E-state index contributed by atoms with van der Waals surface area (Å²) in [6.07, 6.45) is 1.14. The van der Waals surface area contributed by atoms with Gasteiger partial charge in [0.05, 0.1) is 17.2 Å². The lowest BCUT2D eigenvalue weighted by Gasteiger charge is -2.18. The number of rotatable bonds is 7. The third-order valence-electron chi connectivity index (χ3n) is 3.69. The number of hydrogen-bond donors (Lipinski definition) is 1. The van der Waals surface area contributed by atoms with E-state index in [9.17, 15) is 13.2 Å². The fraction of sp³-hybridized carbons (Fsp3) is 0.278. The number of sulfonamides is 1. The summed E-state index contributed by atoms with van der Waals surface area (Å²) in [5, 5.41) is 2.62. The van der Waals surface area contributed by atoms with E-state index in [1.54, 1.807) is 36.0 Å². The van der Waals surface area contributed by atoms with Crippen LogP contribution >= 0.6 is 11.8 Å². The molecule has 1 amide bonds. The number of nitrogens with one attached hydrogen (secondary N) is 1. The second-order valence-corrected chi connectivity index (χ2v) is 9.05. The largest absolute Gasteiger partial charge is 0.325 e. The minimum absolute atomic E-state index is 0.111. The highest BCUT2D eigenvalue weighted by Gasteiger charge is 2.16. The Hall–Kier alpha value is -1.99. The van der Waals surface area contributed by atoms with Crippen molar-refractivity contribution < 1.29 is 13.2 Å². The Morgan fingerprint density at radius 3 is 2.48 bits per heavy atom. The van der Waals surface area contributed by atoms with Gasteiger partial charge in [-0.1, -0.05) is 36.4 Å². The first-order valence-corrected chi connectivity index (χ1v) is 10.7. The summed E-state index contributed by atoms with van der Waals surface area (Å²) in [7, 11) is -1.86. The van der Waals surface area contributed by atoms with E-state index in [1.165, 1.54) is 16.9 Å². The molecule has 0 heterocycles. The van der Waals surface area contributed by atoms with E-state index >= 15 is 0 Å². The quantitative estimate of drug-likeness (QED) is 0.802. The van der Waals surface area contributed by atoms with Gasteiger partial charge < -0.3 is 5.32 Å². The monoisotopic (exact) mass is 378 g/mol. The van der Waals surface area contributed by atoms with E-state index in [1.807, 2.05) is 37.3 Å². The Balaban J connectivity index is 1.98. The van der Waals surface area contributed by atoms with E-state index in [2.05, 4.69) is 5.32 Å². The summed E-state index contributed by atoms with van der Waals surface area (Å²) in [4.78, 5) is 12.3. The molecule has 2 aromatic rings. The molecule has 1 N–H and O–H groups in total. The van der Waals surface area contributed by atoms with Crippen LogP contribution in [0, 0.1) is 0 Å². The minimum Gasteiger partial charge on any atom is -0.325 e. The van der Waals surface area contributed by atoms with Crippen molar-refractivity contribution in [2.45, 2.75) is 17.9 Å². The van der Waals surface area contributed by atoms with Gasteiger partial charge in [-0.25, -0.2) is 8.42 Å². The fourth-order valence-electron chi connectivity index (χ4n) is 2.09. The molecule has 0 saturated carbocycles. The Morgan fingerprint density at radius 2 is 1.84 bits per heavy atom. The highest BCUT2D eigenvalue weighted by molar-refractivity contribution is 7.99. The summed E-state index contributed by atoms with van der Waals surface area (Å²) in [5.41, 5.74) is 2.25. The third-order valence-corrected chi connectivity index (χ3v) is 6.11. The molecule has 2 rings (SSSR count). The first-order valence-electron chi connectivity index (χ1n) is 7.78. The smallest absolute Gasteiger partial charge is 0.237 e. The molecule has 0 saturated heterocycles. The minimum atomic E-state index is -3.34. The summed E-state index contributed by atoms with van der Waals surface area (Å²) in [6.45, 7) is 1.86. The molecule has 1 atom stereocenters. The number of amides is 1. The number of anilines is 2. The number of hydrogen-bond acceptors (Lipinski definition) is 4. The van der Waals surface area contributed by atoms with Gasteiger partial charge in [-0.15, -0.1) is 11.8 Å². The first-order chi connectivity index (χ1) is 11.8. The zero-order valence-electron chi connectivity index (χ0n) is 14.5. The Morgan fingerprint density at radius 1 is 1.16 bits per heavy atom. The van der Waals surface area contributed by atoms with Crippen LogP contribution in [0.15, 0.2) is 54.6 Å². The molecule has 0 aliphatic carbocycles. The van der Waals surface area contributed by atoms with E-state index in [4.69, 9.17) is 0 Å². The summed E-state index contributed by atoms with van der Waals surface area (Å²) in [5.74, 6) is 0.645. The van der Waals surface area contributed by atoms with Gasteiger partial charge in [0.25, 0.3) is 0 Å². The van der Waals surface area contributed by atoms with Crippen LogP contribution in [0.4, 0.5) is 11.4 Å². The zero-order valence-corrected chi connectivity index (χ0v) is 16.1. The number of thioether (sulfide) groups is 1. The molecule has 0 aliphatic heterocycles. The van der Waals surface area contributed by atoms with Crippen molar-refractivity contribution in [3.63, 3.8) is 0 Å².